The van der Waals surface area contributed by atoms with Crippen molar-refractivity contribution in [2.24, 2.45) is 0 Å². The van der Waals surface area contributed by atoms with Gasteiger partial charge in [0.15, 0.2) is 0 Å². The molecule has 0 aromatic heterocycles. The molecule has 0 spiro atoms. The largest absolute Gasteiger partial charge is 0.395 e. The maximum Gasteiger partial charge on any atom is 0.0835 e. The van der Waals surface area contributed by atoms with Gasteiger partial charge in [0.2, 0.25) is 0 Å². The van der Waals surface area contributed by atoms with Gasteiger partial charge in [0.05, 0.1) is 33.5 Å². The fraction of sp³-hybridized carbons (Fsp3) is 1.00. The zero-order chi connectivity index (χ0) is 6.85. The van der Waals surface area contributed by atoms with Crippen molar-refractivity contribution >= 4 is 20.6 Å². The molecule has 2 N–H and O–H groups in total. The SMILES string of the molecule is O=[S@]1C[C@@H](O)[C@@H](CO)S1. The molecule has 0 aliphatic carbocycles. The highest BCUT2D eigenvalue weighted by Gasteiger charge is 2.30. The van der Waals surface area contributed by atoms with Crippen LogP contribution in [0.2, 0.25) is 0 Å². The molecule has 0 bridgehead atoms. The number of hydrogen-bond donors (Lipinski definition) is 2. The summed E-state index contributed by atoms with van der Waals surface area (Å²) >= 11 is 0. The minimum atomic E-state index is -0.976. The van der Waals surface area contributed by atoms with Gasteiger partial charge in [-0.2, -0.15) is 0 Å². The summed E-state index contributed by atoms with van der Waals surface area (Å²) in [4.78, 5) is 0. The Labute approximate surface area is 59.3 Å². The van der Waals surface area contributed by atoms with Crippen LogP contribution in [-0.4, -0.2) is 38.1 Å². The van der Waals surface area contributed by atoms with Gasteiger partial charge in [-0.05, 0) is 0 Å². The van der Waals surface area contributed by atoms with E-state index in [1.807, 2.05) is 0 Å². The second kappa shape index (κ2) is 3.01. The Bertz CT molecular complexity index is 127. The lowest BCUT2D eigenvalue weighted by Gasteiger charge is -2.05. The predicted molar refractivity (Wildman–Crippen MR) is 37.5 cm³/mol. The van der Waals surface area contributed by atoms with E-state index >= 15 is 0 Å². The Morgan fingerprint density at radius 2 is 2.44 bits per heavy atom. The van der Waals surface area contributed by atoms with Gasteiger partial charge < -0.3 is 10.2 Å². The fourth-order valence-electron chi connectivity index (χ4n) is 0.640. The van der Waals surface area contributed by atoms with Crippen molar-refractivity contribution in [3.8, 4) is 0 Å². The van der Waals surface area contributed by atoms with Gasteiger partial charge in [-0.15, -0.1) is 0 Å². The van der Waals surface area contributed by atoms with E-state index in [4.69, 9.17) is 10.2 Å². The summed E-state index contributed by atoms with van der Waals surface area (Å²) in [5.41, 5.74) is 0. The molecule has 9 heavy (non-hydrogen) atoms. The highest BCUT2D eigenvalue weighted by atomic mass is 33.1. The topological polar surface area (TPSA) is 57.5 Å². The molecule has 3 nitrogen and oxygen atoms in total. The molecule has 0 aromatic carbocycles. The third-order valence-corrected chi connectivity index (χ3v) is 4.48. The average Bonchev–Trinajstić information content (AvgIpc) is 2.10. The quantitative estimate of drug-likeness (QED) is 0.499. The van der Waals surface area contributed by atoms with Gasteiger partial charge >= 0.3 is 0 Å². The van der Waals surface area contributed by atoms with Crippen molar-refractivity contribution in [2.75, 3.05) is 12.4 Å². The second-order valence-corrected chi connectivity index (χ2v) is 5.29. The summed E-state index contributed by atoms with van der Waals surface area (Å²) in [6, 6.07) is 0. The van der Waals surface area contributed by atoms with Crippen LogP contribution in [0.4, 0.5) is 0 Å². The van der Waals surface area contributed by atoms with E-state index in [9.17, 15) is 4.21 Å². The predicted octanol–water partition coefficient (Wildman–Crippen LogP) is -0.881. The van der Waals surface area contributed by atoms with E-state index in [1.54, 1.807) is 0 Å². The van der Waals surface area contributed by atoms with Crippen molar-refractivity contribution in [1.29, 1.82) is 0 Å². The van der Waals surface area contributed by atoms with E-state index in [-0.39, 0.29) is 11.9 Å². The molecule has 1 rings (SSSR count). The molecule has 1 aliphatic heterocycles. The summed E-state index contributed by atoms with van der Waals surface area (Å²) in [7, 11) is 0.170. The first-order chi connectivity index (χ1) is 4.24. The van der Waals surface area contributed by atoms with Crippen LogP contribution >= 0.6 is 10.8 Å². The van der Waals surface area contributed by atoms with Crippen LogP contribution in [0, 0.1) is 0 Å². The molecule has 0 saturated carbocycles. The summed E-state index contributed by atoms with van der Waals surface area (Å²) in [6.45, 7) is -0.0857. The molecular formula is C4H8O3S2. The molecule has 0 radical (unpaired) electrons. The first-order valence-corrected chi connectivity index (χ1v) is 5.30. The smallest absolute Gasteiger partial charge is 0.0835 e. The van der Waals surface area contributed by atoms with E-state index in [0.29, 0.717) is 5.75 Å². The van der Waals surface area contributed by atoms with Crippen LogP contribution in [0.3, 0.4) is 0 Å². The molecule has 1 saturated heterocycles. The second-order valence-electron chi connectivity index (χ2n) is 1.86. The normalized spacial score (nSPS) is 43.6. The van der Waals surface area contributed by atoms with Gasteiger partial charge in [-0.1, -0.05) is 10.8 Å². The van der Waals surface area contributed by atoms with Gasteiger partial charge in [0.25, 0.3) is 0 Å². The molecule has 0 aromatic rings. The van der Waals surface area contributed by atoms with Crippen LogP contribution in [0.1, 0.15) is 0 Å². The molecule has 1 fully saturated rings. The fourth-order valence-corrected chi connectivity index (χ4v) is 3.96. The summed E-state index contributed by atoms with van der Waals surface area (Å²) in [6.07, 6.45) is -0.583. The highest BCUT2D eigenvalue weighted by molar-refractivity contribution is 8.69. The van der Waals surface area contributed by atoms with Crippen LogP contribution in [0.5, 0.6) is 0 Å². The lowest BCUT2D eigenvalue weighted by atomic mass is 10.3. The molecule has 54 valence electrons. The Balaban J connectivity index is 2.47. The lowest BCUT2D eigenvalue weighted by Crippen LogP contribution is -2.23. The zero-order valence-corrected chi connectivity index (χ0v) is 6.32. The zero-order valence-electron chi connectivity index (χ0n) is 4.69. The minimum Gasteiger partial charge on any atom is -0.395 e. The molecule has 5 heteroatoms. The van der Waals surface area contributed by atoms with E-state index in [0.717, 1.165) is 10.8 Å². The van der Waals surface area contributed by atoms with Gasteiger partial charge in [0, 0.05) is 0 Å². The standard InChI is InChI=1S/C4H8O3S2/c5-1-4-3(6)2-9(7)8-4/h3-6H,1-2H2/t3-,4-,9-/m1/s1. The third kappa shape index (κ3) is 1.67. The number of aliphatic hydroxyl groups excluding tert-OH is 2. The van der Waals surface area contributed by atoms with E-state index in [1.165, 1.54) is 0 Å². The Morgan fingerprint density at radius 3 is 2.67 bits per heavy atom. The first-order valence-electron chi connectivity index (χ1n) is 2.58. The summed E-state index contributed by atoms with van der Waals surface area (Å²) in [5.74, 6) is 0.301. The van der Waals surface area contributed by atoms with E-state index in [2.05, 4.69) is 0 Å². The third-order valence-electron chi connectivity index (χ3n) is 1.15. The number of aliphatic hydroxyl groups is 2. The first kappa shape index (κ1) is 7.53. The Morgan fingerprint density at radius 1 is 1.78 bits per heavy atom. The van der Waals surface area contributed by atoms with Crippen molar-refractivity contribution < 1.29 is 14.4 Å². The van der Waals surface area contributed by atoms with Crippen molar-refractivity contribution in [1.82, 2.24) is 0 Å². The van der Waals surface area contributed by atoms with Crippen molar-refractivity contribution in [2.45, 2.75) is 11.4 Å². The van der Waals surface area contributed by atoms with Crippen LogP contribution < -0.4 is 0 Å². The Hall–Kier alpha value is 0.420. The van der Waals surface area contributed by atoms with Gasteiger partial charge in [-0.25, -0.2) is 4.21 Å². The molecule has 1 aliphatic rings. The molecular weight excluding hydrogens is 160 g/mol. The number of hydrogen-bond acceptors (Lipinski definition) is 4. The molecule has 0 amide bonds. The van der Waals surface area contributed by atoms with Crippen molar-refractivity contribution in [3.05, 3.63) is 0 Å². The average molecular weight is 168 g/mol. The minimum absolute atomic E-state index is 0.0857. The van der Waals surface area contributed by atoms with E-state index < -0.39 is 15.9 Å². The van der Waals surface area contributed by atoms with Gasteiger partial charge in [-0.3, -0.25) is 0 Å². The van der Waals surface area contributed by atoms with Crippen LogP contribution in [0.25, 0.3) is 0 Å². The molecule has 3 atom stereocenters. The molecule has 0 unspecified atom stereocenters. The van der Waals surface area contributed by atoms with Crippen molar-refractivity contribution in [3.63, 3.8) is 0 Å². The summed E-state index contributed by atoms with van der Waals surface area (Å²) < 4.78 is 10.6. The maximum atomic E-state index is 10.6. The van der Waals surface area contributed by atoms with Crippen LogP contribution in [0.15, 0.2) is 0 Å². The Kier molecular flexibility index (Phi) is 2.51. The van der Waals surface area contributed by atoms with Crippen LogP contribution in [-0.2, 0) is 9.83 Å². The number of rotatable bonds is 1. The van der Waals surface area contributed by atoms with Gasteiger partial charge in [0.1, 0.15) is 0 Å². The summed E-state index contributed by atoms with van der Waals surface area (Å²) in [5, 5.41) is 17.3. The highest BCUT2D eigenvalue weighted by Crippen LogP contribution is 2.27. The maximum absolute atomic E-state index is 10.6. The molecule has 1 heterocycles. The lowest BCUT2D eigenvalue weighted by molar-refractivity contribution is 0.162. The monoisotopic (exact) mass is 168 g/mol.